The van der Waals surface area contributed by atoms with Gasteiger partial charge in [-0.1, -0.05) is 152 Å². The molecule has 1 amide bonds. The zero-order chi connectivity index (χ0) is 33.0. The zero-order valence-electron chi connectivity index (χ0n) is 30.7. The van der Waals surface area contributed by atoms with Gasteiger partial charge >= 0.3 is 0 Å². The van der Waals surface area contributed by atoms with E-state index in [0.29, 0.717) is 6.04 Å². The highest BCUT2D eigenvalue weighted by Gasteiger charge is 2.22. The van der Waals surface area contributed by atoms with Gasteiger partial charge in [-0.05, 0) is 77.0 Å². The van der Waals surface area contributed by atoms with E-state index in [2.05, 4.69) is 78.4 Å². The van der Waals surface area contributed by atoms with Crippen molar-refractivity contribution in [2.24, 2.45) is 0 Å². The van der Waals surface area contributed by atoms with E-state index >= 15 is 0 Å². The summed E-state index contributed by atoms with van der Waals surface area (Å²) in [4.78, 5) is 12.9. The van der Waals surface area contributed by atoms with Crippen LogP contribution in [0.25, 0.3) is 0 Å². The van der Waals surface area contributed by atoms with Crippen molar-refractivity contribution in [3.63, 3.8) is 0 Å². The first-order chi connectivity index (χ1) is 22.8. The summed E-state index contributed by atoms with van der Waals surface area (Å²) >= 11 is 0. The molecule has 1 rings (SSSR count). The zero-order valence-corrected chi connectivity index (χ0v) is 30.7. The van der Waals surface area contributed by atoms with Crippen LogP contribution in [0.5, 0.6) is 0 Å². The van der Waals surface area contributed by atoms with Crippen LogP contribution < -0.4 is 16.0 Å². The van der Waals surface area contributed by atoms with Gasteiger partial charge in [0.05, 0.1) is 6.04 Å². The Kier molecular flexibility index (Phi) is 31.9. The number of carbonyl (C=O) groups is 1. The SMILES string of the molecule is CCCCCC=CCC=CCCCCCCCCC(CCCCCCCCC=CCC=CCCCCC)NC(=O)C1CNCCN1. The highest BCUT2D eigenvalue weighted by atomic mass is 16.2. The van der Waals surface area contributed by atoms with Gasteiger partial charge in [-0.25, -0.2) is 0 Å². The average Bonchev–Trinajstić information content (AvgIpc) is 3.08. The number of piperazine rings is 1. The van der Waals surface area contributed by atoms with Gasteiger partial charge in [-0.3, -0.25) is 4.79 Å². The molecule has 1 aliphatic rings. The van der Waals surface area contributed by atoms with Crippen molar-refractivity contribution in [2.45, 2.75) is 193 Å². The molecule has 0 aromatic carbocycles. The smallest absolute Gasteiger partial charge is 0.238 e. The lowest BCUT2D eigenvalue weighted by Crippen LogP contribution is -2.57. The predicted octanol–water partition coefficient (Wildman–Crippen LogP) is 11.4. The number of unbranched alkanes of at least 4 members (excludes halogenated alkanes) is 18. The van der Waals surface area contributed by atoms with E-state index in [1.54, 1.807) is 0 Å². The molecule has 266 valence electrons. The van der Waals surface area contributed by atoms with Crippen molar-refractivity contribution in [2.75, 3.05) is 19.6 Å². The minimum absolute atomic E-state index is 0.0806. The number of hydrogen-bond acceptors (Lipinski definition) is 3. The number of allylic oxidation sites excluding steroid dienone is 8. The molecule has 0 radical (unpaired) electrons. The van der Waals surface area contributed by atoms with E-state index in [0.717, 1.165) is 45.3 Å². The Morgan fingerprint density at radius 2 is 0.978 bits per heavy atom. The fraction of sp³-hybridized carbons (Fsp3) is 0.786. The second-order valence-corrected chi connectivity index (χ2v) is 13.7. The number of nitrogens with one attached hydrogen (secondary N) is 3. The van der Waals surface area contributed by atoms with E-state index in [1.807, 2.05) is 0 Å². The van der Waals surface area contributed by atoms with Crippen LogP contribution in [0.4, 0.5) is 0 Å². The maximum absolute atomic E-state index is 12.9. The van der Waals surface area contributed by atoms with Gasteiger partial charge in [0.15, 0.2) is 0 Å². The van der Waals surface area contributed by atoms with E-state index in [-0.39, 0.29) is 11.9 Å². The number of hydrogen-bond donors (Lipinski definition) is 3. The maximum Gasteiger partial charge on any atom is 0.238 e. The summed E-state index contributed by atoms with van der Waals surface area (Å²) in [6, 6.07) is 0.246. The van der Waals surface area contributed by atoms with Gasteiger partial charge in [0, 0.05) is 25.7 Å². The summed E-state index contributed by atoms with van der Waals surface area (Å²) in [5, 5.41) is 10.2. The third kappa shape index (κ3) is 28.6. The molecule has 1 heterocycles. The van der Waals surface area contributed by atoms with E-state index in [4.69, 9.17) is 0 Å². The van der Waals surface area contributed by atoms with E-state index in [9.17, 15) is 4.79 Å². The highest BCUT2D eigenvalue weighted by Crippen LogP contribution is 2.16. The first kappa shape index (κ1) is 42.4. The minimum atomic E-state index is -0.0806. The summed E-state index contributed by atoms with van der Waals surface area (Å²) in [6.45, 7) is 7.10. The molecular weight excluding hydrogens is 562 g/mol. The van der Waals surface area contributed by atoms with Gasteiger partial charge in [0.1, 0.15) is 0 Å². The van der Waals surface area contributed by atoms with Crippen LogP contribution >= 0.6 is 0 Å². The first-order valence-electron chi connectivity index (χ1n) is 20.1. The lowest BCUT2D eigenvalue weighted by atomic mass is 9.99. The van der Waals surface area contributed by atoms with Crippen molar-refractivity contribution in [3.05, 3.63) is 48.6 Å². The molecule has 0 aromatic rings. The van der Waals surface area contributed by atoms with Gasteiger partial charge in [0.2, 0.25) is 5.91 Å². The Hall–Kier alpha value is -1.65. The van der Waals surface area contributed by atoms with Crippen LogP contribution in [-0.4, -0.2) is 37.6 Å². The Labute approximate surface area is 287 Å². The molecule has 4 heteroatoms. The fourth-order valence-corrected chi connectivity index (χ4v) is 6.19. The molecule has 0 aromatic heterocycles. The van der Waals surface area contributed by atoms with E-state index in [1.165, 1.54) is 141 Å². The van der Waals surface area contributed by atoms with Crippen molar-refractivity contribution < 1.29 is 4.79 Å². The minimum Gasteiger partial charge on any atom is -0.352 e. The van der Waals surface area contributed by atoms with Crippen LogP contribution in [0.3, 0.4) is 0 Å². The first-order valence-corrected chi connectivity index (χ1v) is 20.1. The molecule has 0 spiro atoms. The monoisotopic (exact) mass is 640 g/mol. The van der Waals surface area contributed by atoms with Crippen LogP contribution in [0, 0.1) is 0 Å². The molecule has 1 fully saturated rings. The van der Waals surface area contributed by atoms with Gasteiger partial charge in [-0.2, -0.15) is 0 Å². The second-order valence-electron chi connectivity index (χ2n) is 13.7. The number of amides is 1. The molecule has 4 nitrogen and oxygen atoms in total. The fourth-order valence-electron chi connectivity index (χ4n) is 6.19. The van der Waals surface area contributed by atoms with Gasteiger partial charge in [0.25, 0.3) is 0 Å². The molecule has 0 bridgehead atoms. The Morgan fingerprint density at radius 3 is 1.39 bits per heavy atom. The topological polar surface area (TPSA) is 53.2 Å². The predicted molar refractivity (Wildman–Crippen MR) is 205 cm³/mol. The summed E-state index contributed by atoms with van der Waals surface area (Å²) < 4.78 is 0. The van der Waals surface area contributed by atoms with Crippen molar-refractivity contribution in [1.29, 1.82) is 0 Å². The van der Waals surface area contributed by atoms with Crippen LogP contribution in [-0.2, 0) is 4.79 Å². The second kappa shape index (κ2) is 34.7. The molecule has 1 unspecified atom stereocenters. The van der Waals surface area contributed by atoms with Crippen LogP contribution in [0.1, 0.15) is 181 Å². The Balaban J connectivity index is 2.13. The molecule has 1 aliphatic heterocycles. The number of rotatable bonds is 32. The molecule has 3 N–H and O–H groups in total. The quantitative estimate of drug-likeness (QED) is 0.0507. The molecule has 1 saturated heterocycles. The van der Waals surface area contributed by atoms with Gasteiger partial charge in [-0.15, -0.1) is 0 Å². The Bertz CT molecular complexity index is 717. The lowest BCUT2D eigenvalue weighted by Gasteiger charge is -2.26. The number of carbonyl (C=O) groups excluding carboxylic acids is 1. The average molecular weight is 640 g/mol. The normalized spacial score (nSPS) is 16.4. The van der Waals surface area contributed by atoms with Crippen molar-refractivity contribution in [1.82, 2.24) is 16.0 Å². The third-order valence-electron chi connectivity index (χ3n) is 9.21. The molecule has 0 aliphatic carbocycles. The van der Waals surface area contributed by atoms with Crippen LogP contribution in [0.2, 0.25) is 0 Å². The van der Waals surface area contributed by atoms with E-state index < -0.39 is 0 Å². The summed E-state index contributed by atoms with van der Waals surface area (Å²) in [5.41, 5.74) is 0. The van der Waals surface area contributed by atoms with Crippen molar-refractivity contribution >= 4 is 5.91 Å². The summed E-state index contributed by atoms with van der Waals surface area (Å²) in [7, 11) is 0. The maximum atomic E-state index is 12.9. The van der Waals surface area contributed by atoms with Crippen molar-refractivity contribution in [3.8, 4) is 0 Å². The lowest BCUT2D eigenvalue weighted by molar-refractivity contribution is -0.124. The molecular formula is C42H77N3O. The van der Waals surface area contributed by atoms with Gasteiger partial charge < -0.3 is 16.0 Å². The molecule has 0 saturated carbocycles. The molecule has 46 heavy (non-hydrogen) atoms. The summed E-state index contributed by atoms with van der Waals surface area (Å²) in [5.74, 6) is 0.192. The Morgan fingerprint density at radius 1 is 0.565 bits per heavy atom. The standard InChI is InChI=1S/C42H77N3O/c1-3-5-7-9-11-13-15-17-19-21-23-25-27-29-31-33-35-40(45-42(46)41-39-43-37-38-44-41)36-34-32-30-28-26-24-22-20-18-16-14-12-10-8-6-4-2/h11-14,17-20,40-41,43-44H,3-10,15-16,21-39H2,1-2H3,(H,45,46). The summed E-state index contributed by atoms with van der Waals surface area (Å²) in [6.07, 6.45) is 51.7. The molecule has 1 atom stereocenters. The third-order valence-corrected chi connectivity index (χ3v) is 9.21. The highest BCUT2D eigenvalue weighted by molar-refractivity contribution is 5.82. The largest absolute Gasteiger partial charge is 0.352 e. The van der Waals surface area contributed by atoms with Crippen LogP contribution in [0.15, 0.2) is 48.6 Å².